The van der Waals surface area contributed by atoms with E-state index in [1.807, 2.05) is 6.92 Å². The Morgan fingerprint density at radius 2 is 1.84 bits per heavy atom. The molecule has 0 aliphatic rings. The van der Waals surface area contributed by atoms with E-state index in [1.54, 1.807) is 31.2 Å². The highest BCUT2D eigenvalue weighted by molar-refractivity contribution is 9.09. The van der Waals surface area contributed by atoms with Gasteiger partial charge < -0.3 is 11.1 Å². The average Bonchev–Trinajstić information content (AvgIpc) is 2.71. The number of nitrogen functional groups attached to an aromatic ring is 1. The topological polar surface area (TPSA) is 138 Å². The molecule has 0 unspecified atom stereocenters. The van der Waals surface area contributed by atoms with Crippen LogP contribution in [0.1, 0.15) is 29.7 Å². The standard InChI is InChI=1S/C20H28BrN5O4S/c1-14-6-8-16(9-7-14)31(29,30)26(12-4-10-23-18(27)13-21)11-3-5-17-15(2)24-20(22)25-19(17)28/h6-9H,3-5,10-13H2,1-2H3,(H,23,27)(H3,22,24,25,28). The maximum absolute atomic E-state index is 13.2. The number of hydrogen-bond acceptors (Lipinski definition) is 6. The van der Waals surface area contributed by atoms with Crippen molar-refractivity contribution in [2.75, 3.05) is 30.7 Å². The van der Waals surface area contributed by atoms with Crippen LogP contribution in [0.2, 0.25) is 0 Å². The lowest BCUT2D eigenvalue weighted by molar-refractivity contribution is -0.118. The number of alkyl halides is 1. The van der Waals surface area contributed by atoms with Crippen LogP contribution >= 0.6 is 15.9 Å². The van der Waals surface area contributed by atoms with E-state index in [-0.39, 0.29) is 40.7 Å². The number of carbonyl (C=O) groups is 1. The van der Waals surface area contributed by atoms with Crippen molar-refractivity contribution in [3.63, 3.8) is 0 Å². The van der Waals surface area contributed by atoms with Gasteiger partial charge in [0.15, 0.2) is 0 Å². The number of nitrogens with two attached hydrogens (primary N) is 1. The Balaban J connectivity index is 2.12. The van der Waals surface area contributed by atoms with Crippen molar-refractivity contribution in [3.05, 3.63) is 51.4 Å². The van der Waals surface area contributed by atoms with Crippen LogP contribution in [-0.2, 0) is 21.2 Å². The number of nitrogens with one attached hydrogen (secondary N) is 2. The number of benzene rings is 1. The Morgan fingerprint density at radius 1 is 1.19 bits per heavy atom. The summed E-state index contributed by atoms with van der Waals surface area (Å²) in [4.78, 5) is 30.3. The van der Waals surface area contributed by atoms with Gasteiger partial charge in [0.2, 0.25) is 21.9 Å². The molecule has 170 valence electrons. The zero-order chi connectivity index (χ0) is 23.0. The second-order valence-electron chi connectivity index (χ2n) is 7.17. The van der Waals surface area contributed by atoms with Gasteiger partial charge in [0.25, 0.3) is 5.56 Å². The fraction of sp³-hybridized carbons (Fsp3) is 0.450. The number of halogens is 1. The third-order valence-electron chi connectivity index (χ3n) is 4.76. The summed E-state index contributed by atoms with van der Waals surface area (Å²) in [6.07, 6.45) is 1.27. The maximum Gasteiger partial charge on any atom is 0.255 e. The van der Waals surface area contributed by atoms with Crippen LogP contribution in [0.3, 0.4) is 0 Å². The first-order valence-electron chi connectivity index (χ1n) is 9.90. The van der Waals surface area contributed by atoms with E-state index in [0.29, 0.717) is 37.1 Å². The fourth-order valence-electron chi connectivity index (χ4n) is 3.10. The first-order valence-corrected chi connectivity index (χ1v) is 12.5. The molecule has 1 aromatic heterocycles. The Hall–Kier alpha value is -2.24. The van der Waals surface area contributed by atoms with E-state index in [4.69, 9.17) is 5.73 Å². The molecule has 4 N–H and O–H groups in total. The molecule has 0 aliphatic heterocycles. The lowest BCUT2D eigenvalue weighted by Gasteiger charge is -2.22. The second kappa shape index (κ2) is 11.4. The Bertz CT molecular complexity index is 1050. The van der Waals surface area contributed by atoms with Gasteiger partial charge in [0.05, 0.1) is 10.2 Å². The number of aryl methyl sites for hydroxylation is 2. The number of rotatable bonds is 11. The molecule has 9 nitrogen and oxygen atoms in total. The molecule has 0 bridgehead atoms. The van der Waals surface area contributed by atoms with Crippen LogP contribution in [0.15, 0.2) is 34.0 Å². The van der Waals surface area contributed by atoms with Gasteiger partial charge >= 0.3 is 0 Å². The summed E-state index contributed by atoms with van der Waals surface area (Å²) in [5.41, 5.74) is 7.23. The van der Waals surface area contributed by atoms with Gasteiger partial charge in [-0.05, 0) is 45.2 Å². The van der Waals surface area contributed by atoms with Crippen LogP contribution in [0.4, 0.5) is 5.95 Å². The van der Waals surface area contributed by atoms with Crippen LogP contribution < -0.4 is 16.6 Å². The summed E-state index contributed by atoms with van der Waals surface area (Å²) in [5.74, 6) is -0.0983. The predicted molar refractivity (Wildman–Crippen MR) is 124 cm³/mol. The first kappa shape index (κ1) is 25.0. The number of aromatic nitrogens is 2. The average molecular weight is 514 g/mol. The summed E-state index contributed by atoms with van der Waals surface area (Å²) in [7, 11) is -3.72. The molecule has 0 atom stereocenters. The SMILES string of the molecule is Cc1ccc(S(=O)(=O)N(CCCNC(=O)CBr)CCCc2c(C)nc(N)[nH]c2=O)cc1. The largest absolute Gasteiger partial charge is 0.369 e. The molecule has 2 rings (SSSR count). The third-order valence-corrected chi connectivity index (χ3v) is 7.18. The molecule has 0 saturated heterocycles. The smallest absolute Gasteiger partial charge is 0.255 e. The minimum absolute atomic E-state index is 0.0559. The molecule has 0 radical (unpaired) electrons. The zero-order valence-corrected chi connectivity index (χ0v) is 20.1. The molecule has 1 amide bonds. The van der Waals surface area contributed by atoms with E-state index in [2.05, 4.69) is 31.2 Å². The van der Waals surface area contributed by atoms with Crippen molar-refractivity contribution in [3.8, 4) is 0 Å². The van der Waals surface area contributed by atoms with Crippen molar-refractivity contribution in [2.24, 2.45) is 0 Å². The van der Waals surface area contributed by atoms with Gasteiger partial charge in [0, 0.05) is 30.9 Å². The number of H-pyrrole nitrogens is 1. The van der Waals surface area contributed by atoms with E-state index in [9.17, 15) is 18.0 Å². The van der Waals surface area contributed by atoms with Crippen LogP contribution in [-0.4, -0.2) is 53.6 Å². The molecule has 2 aromatic rings. The summed E-state index contributed by atoms with van der Waals surface area (Å²) < 4.78 is 27.8. The highest BCUT2D eigenvalue weighted by atomic mass is 79.9. The van der Waals surface area contributed by atoms with Crippen molar-refractivity contribution < 1.29 is 13.2 Å². The van der Waals surface area contributed by atoms with E-state index in [0.717, 1.165) is 5.56 Å². The van der Waals surface area contributed by atoms with E-state index in [1.165, 1.54) is 4.31 Å². The Labute approximate surface area is 190 Å². The summed E-state index contributed by atoms with van der Waals surface area (Å²) in [6.45, 7) is 4.43. The van der Waals surface area contributed by atoms with Gasteiger partial charge in [-0.15, -0.1) is 0 Å². The molecule has 1 aromatic carbocycles. The fourth-order valence-corrected chi connectivity index (χ4v) is 4.82. The summed E-state index contributed by atoms with van der Waals surface area (Å²) >= 11 is 3.08. The lowest BCUT2D eigenvalue weighted by atomic mass is 10.1. The molecular formula is C20H28BrN5O4S. The molecule has 0 fully saturated rings. The highest BCUT2D eigenvalue weighted by Gasteiger charge is 2.24. The van der Waals surface area contributed by atoms with Crippen molar-refractivity contribution >= 4 is 37.8 Å². The number of sulfonamides is 1. The molecule has 0 aliphatic carbocycles. The van der Waals surface area contributed by atoms with Crippen LogP contribution in [0, 0.1) is 13.8 Å². The number of hydrogen-bond donors (Lipinski definition) is 3. The number of nitrogens with zero attached hydrogens (tertiary/aromatic N) is 2. The maximum atomic E-state index is 13.2. The van der Waals surface area contributed by atoms with Gasteiger partial charge in [-0.2, -0.15) is 4.31 Å². The lowest BCUT2D eigenvalue weighted by Crippen LogP contribution is -2.35. The second-order valence-corrected chi connectivity index (χ2v) is 9.67. The predicted octanol–water partition coefficient (Wildman–Crippen LogP) is 1.49. The van der Waals surface area contributed by atoms with Crippen molar-refractivity contribution in [1.29, 1.82) is 0 Å². The molecule has 0 saturated carbocycles. The number of aromatic amines is 1. The van der Waals surface area contributed by atoms with Crippen LogP contribution in [0.25, 0.3) is 0 Å². The Kier molecular flexibility index (Phi) is 9.20. The van der Waals surface area contributed by atoms with Gasteiger partial charge in [-0.25, -0.2) is 13.4 Å². The molecule has 11 heteroatoms. The zero-order valence-electron chi connectivity index (χ0n) is 17.7. The quantitative estimate of drug-likeness (QED) is 0.307. The van der Waals surface area contributed by atoms with Crippen molar-refractivity contribution in [2.45, 2.75) is 38.0 Å². The van der Waals surface area contributed by atoms with E-state index < -0.39 is 10.0 Å². The monoisotopic (exact) mass is 513 g/mol. The minimum Gasteiger partial charge on any atom is -0.369 e. The Morgan fingerprint density at radius 3 is 2.45 bits per heavy atom. The van der Waals surface area contributed by atoms with Crippen molar-refractivity contribution in [1.82, 2.24) is 19.6 Å². The van der Waals surface area contributed by atoms with E-state index >= 15 is 0 Å². The molecular weight excluding hydrogens is 486 g/mol. The van der Waals surface area contributed by atoms with Gasteiger partial charge in [-0.1, -0.05) is 33.6 Å². The molecule has 31 heavy (non-hydrogen) atoms. The van der Waals surface area contributed by atoms with Crippen LogP contribution in [0.5, 0.6) is 0 Å². The molecule has 1 heterocycles. The normalized spacial score (nSPS) is 11.6. The first-order chi connectivity index (χ1) is 14.6. The third kappa shape index (κ3) is 7.15. The number of carbonyl (C=O) groups excluding carboxylic acids is 1. The number of amides is 1. The highest BCUT2D eigenvalue weighted by Crippen LogP contribution is 2.18. The van der Waals surface area contributed by atoms with Gasteiger partial charge in [-0.3, -0.25) is 14.6 Å². The van der Waals surface area contributed by atoms with Gasteiger partial charge in [0.1, 0.15) is 0 Å². The summed E-state index contributed by atoms with van der Waals surface area (Å²) in [6, 6.07) is 6.68. The minimum atomic E-state index is -3.72. The molecule has 0 spiro atoms. The number of anilines is 1. The summed E-state index contributed by atoms with van der Waals surface area (Å²) in [5, 5.41) is 2.91.